The van der Waals surface area contributed by atoms with Gasteiger partial charge in [-0.1, -0.05) is 17.7 Å². The highest BCUT2D eigenvalue weighted by Gasteiger charge is 2.05. The predicted molar refractivity (Wildman–Crippen MR) is 55.9 cm³/mol. The lowest BCUT2D eigenvalue weighted by atomic mass is 10.1. The zero-order valence-electron chi connectivity index (χ0n) is 7.39. The molecule has 0 saturated carbocycles. The van der Waals surface area contributed by atoms with Crippen molar-refractivity contribution < 1.29 is 0 Å². The first-order chi connectivity index (χ1) is 6.22. The minimum absolute atomic E-state index is 0.485. The van der Waals surface area contributed by atoms with E-state index in [4.69, 9.17) is 17.3 Å². The molecule has 2 nitrogen and oxygen atoms in total. The van der Waals surface area contributed by atoms with Crippen molar-refractivity contribution in [2.45, 2.75) is 13.5 Å². The molecule has 0 aliphatic heterocycles. The van der Waals surface area contributed by atoms with E-state index >= 15 is 0 Å². The lowest BCUT2D eigenvalue weighted by molar-refractivity contribution is 1.08. The fourth-order valence-electron chi connectivity index (χ4n) is 1.51. The van der Waals surface area contributed by atoms with Crippen molar-refractivity contribution >= 4 is 22.5 Å². The molecule has 0 saturated heterocycles. The summed E-state index contributed by atoms with van der Waals surface area (Å²) < 4.78 is 0. The van der Waals surface area contributed by atoms with Crippen LogP contribution in [-0.2, 0) is 6.54 Å². The first-order valence-corrected chi connectivity index (χ1v) is 4.57. The molecular formula is C10H11ClN2. The number of aryl methyl sites for hydroxylation is 1. The first kappa shape index (κ1) is 8.60. The number of fused-ring (bicyclic) bond motifs is 1. The average Bonchev–Trinajstić information content (AvgIpc) is 2.47. The van der Waals surface area contributed by atoms with E-state index < -0.39 is 0 Å². The standard InChI is InChI=1S/C10H11ClN2/c1-6-4-8-9(13-6)3-2-7(5-12)10(8)11/h2-4,13H,5,12H2,1H3. The third kappa shape index (κ3) is 1.32. The highest BCUT2D eigenvalue weighted by Crippen LogP contribution is 2.27. The maximum atomic E-state index is 6.16. The Bertz CT molecular complexity index is 445. The van der Waals surface area contributed by atoms with Crippen LogP contribution < -0.4 is 5.73 Å². The van der Waals surface area contributed by atoms with Gasteiger partial charge in [-0.2, -0.15) is 0 Å². The minimum Gasteiger partial charge on any atom is -0.359 e. The Morgan fingerprint density at radius 3 is 2.92 bits per heavy atom. The Morgan fingerprint density at radius 2 is 2.23 bits per heavy atom. The van der Waals surface area contributed by atoms with Gasteiger partial charge in [-0.05, 0) is 24.6 Å². The van der Waals surface area contributed by atoms with Gasteiger partial charge < -0.3 is 10.7 Å². The first-order valence-electron chi connectivity index (χ1n) is 4.19. The van der Waals surface area contributed by atoms with Crippen LogP contribution in [0, 0.1) is 6.92 Å². The molecule has 0 fully saturated rings. The number of nitrogens with two attached hydrogens (primary N) is 1. The number of nitrogens with one attached hydrogen (secondary N) is 1. The third-order valence-electron chi connectivity index (χ3n) is 2.17. The van der Waals surface area contributed by atoms with Gasteiger partial charge in [-0.3, -0.25) is 0 Å². The van der Waals surface area contributed by atoms with Crippen molar-refractivity contribution in [1.29, 1.82) is 0 Å². The van der Waals surface area contributed by atoms with Gasteiger partial charge in [0.25, 0.3) is 0 Å². The van der Waals surface area contributed by atoms with Gasteiger partial charge in [0.05, 0.1) is 5.02 Å². The largest absolute Gasteiger partial charge is 0.359 e. The highest BCUT2D eigenvalue weighted by molar-refractivity contribution is 6.36. The van der Waals surface area contributed by atoms with Crippen LogP contribution in [0.1, 0.15) is 11.3 Å². The lowest BCUT2D eigenvalue weighted by Gasteiger charge is -2.00. The van der Waals surface area contributed by atoms with Gasteiger partial charge in [-0.15, -0.1) is 0 Å². The van der Waals surface area contributed by atoms with E-state index in [9.17, 15) is 0 Å². The van der Waals surface area contributed by atoms with Crippen molar-refractivity contribution in [3.63, 3.8) is 0 Å². The summed E-state index contributed by atoms with van der Waals surface area (Å²) in [4.78, 5) is 3.23. The number of aromatic amines is 1. The minimum atomic E-state index is 0.485. The van der Waals surface area contributed by atoms with E-state index in [1.165, 1.54) is 0 Å². The Balaban J connectivity index is 2.78. The topological polar surface area (TPSA) is 41.8 Å². The summed E-state index contributed by atoms with van der Waals surface area (Å²) in [5.74, 6) is 0. The second kappa shape index (κ2) is 3.05. The van der Waals surface area contributed by atoms with E-state index in [1.54, 1.807) is 0 Å². The number of aromatic nitrogens is 1. The second-order valence-corrected chi connectivity index (χ2v) is 3.53. The van der Waals surface area contributed by atoms with Crippen LogP contribution in [0.4, 0.5) is 0 Å². The van der Waals surface area contributed by atoms with Crippen molar-refractivity contribution in [2.75, 3.05) is 0 Å². The van der Waals surface area contributed by atoms with E-state index in [0.717, 1.165) is 27.2 Å². The molecule has 0 spiro atoms. The Morgan fingerprint density at radius 1 is 1.46 bits per heavy atom. The predicted octanol–water partition coefficient (Wildman–Crippen LogP) is 2.59. The maximum absolute atomic E-state index is 6.16. The number of halogens is 1. The third-order valence-corrected chi connectivity index (χ3v) is 2.62. The Labute approximate surface area is 81.7 Å². The van der Waals surface area contributed by atoms with E-state index in [2.05, 4.69) is 4.98 Å². The number of rotatable bonds is 1. The molecule has 0 amide bonds. The van der Waals surface area contributed by atoms with Crippen molar-refractivity contribution in [1.82, 2.24) is 4.98 Å². The zero-order chi connectivity index (χ0) is 9.42. The normalized spacial score (nSPS) is 11.0. The van der Waals surface area contributed by atoms with E-state index in [-0.39, 0.29) is 0 Å². The second-order valence-electron chi connectivity index (χ2n) is 3.16. The monoisotopic (exact) mass is 194 g/mol. The quantitative estimate of drug-likeness (QED) is 0.720. The lowest BCUT2D eigenvalue weighted by Crippen LogP contribution is -1.96. The number of H-pyrrole nitrogens is 1. The van der Waals surface area contributed by atoms with E-state index in [0.29, 0.717) is 6.54 Å². The van der Waals surface area contributed by atoms with Crippen LogP contribution >= 0.6 is 11.6 Å². The highest BCUT2D eigenvalue weighted by atomic mass is 35.5. The van der Waals surface area contributed by atoms with Crippen LogP contribution in [0.2, 0.25) is 5.02 Å². The van der Waals surface area contributed by atoms with Crippen LogP contribution in [0.5, 0.6) is 0 Å². The molecule has 0 bridgehead atoms. The van der Waals surface area contributed by atoms with Crippen molar-refractivity contribution in [3.05, 3.63) is 34.5 Å². The molecule has 2 aromatic rings. The molecule has 0 atom stereocenters. The maximum Gasteiger partial charge on any atom is 0.0544 e. The fraction of sp³-hybridized carbons (Fsp3) is 0.200. The molecule has 1 heterocycles. The van der Waals surface area contributed by atoms with Crippen LogP contribution in [0.25, 0.3) is 10.9 Å². The molecule has 68 valence electrons. The molecule has 3 heteroatoms. The number of hydrogen-bond acceptors (Lipinski definition) is 1. The Kier molecular flexibility index (Phi) is 2.02. The van der Waals surface area contributed by atoms with Crippen molar-refractivity contribution in [2.24, 2.45) is 5.73 Å². The molecule has 2 rings (SSSR count). The Hall–Kier alpha value is -0.990. The molecule has 13 heavy (non-hydrogen) atoms. The number of benzene rings is 1. The van der Waals surface area contributed by atoms with Gasteiger partial charge in [-0.25, -0.2) is 0 Å². The van der Waals surface area contributed by atoms with Crippen LogP contribution in [0.15, 0.2) is 18.2 Å². The summed E-state index contributed by atoms with van der Waals surface area (Å²) in [5, 5.41) is 1.83. The van der Waals surface area contributed by atoms with Gasteiger partial charge in [0, 0.05) is 23.1 Å². The fourth-order valence-corrected chi connectivity index (χ4v) is 1.81. The molecule has 1 aromatic heterocycles. The van der Waals surface area contributed by atoms with Gasteiger partial charge in [0.15, 0.2) is 0 Å². The van der Waals surface area contributed by atoms with Gasteiger partial charge >= 0.3 is 0 Å². The summed E-state index contributed by atoms with van der Waals surface area (Å²) in [5.41, 5.74) is 8.73. The van der Waals surface area contributed by atoms with E-state index in [1.807, 2.05) is 25.1 Å². The molecule has 3 N–H and O–H groups in total. The molecule has 0 aliphatic rings. The van der Waals surface area contributed by atoms with Gasteiger partial charge in [0.2, 0.25) is 0 Å². The summed E-state index contributed by atoms with van der Waals surface area (Å²) >= 11 is 6.16. The van der Waals surface area contributed by atoms with Crippen LogP contribution in [-0.4, -0.2) is 4.98 Å². The zero-order valence-corrected chi connectivity index (χ0v) is 8.15. The number of hydrogen-bond donors (Lipinski definition) is 2. The summed E-state index contributed by atoms with van der Waals surface area (Å²) in [7, 11) is 0. The average molecular weight is 195 g/mol. The molecule has 0 unspecified atom stereocenters. The molecule has 0 aliphatic carbocycles. The van der Waals surface area contributed by atoms with Gasteiger partial charge in [0.1, 0.15) is 0 Å². The smallest absolute Gasteiger partial charge is 0.0544 e. The summed E-state index contributed by atoms with van der Waals surface area (Å²) in [6.07, 6.45) is 0. The molecular weight excluding hydrogens is 184 g/mol. The van der Waals surface area contributed by atoms with Crippen molar-refractivity contribution in [3.8, 4) is 0 Å². The summed E-state index contributed by atoms with van der Waals surface area (Å²) in [6, 6.07) is 6.01. The summed E-state index contributed by atoms with van der Waals surface area (Å²) in [6.45, 7) is 2.50. The van der Waals surface area contributed by atoms with Crippen LogP contribution in [0.3, 0.4) is 0 Å². The molecule has 0 radical (unpaired) electrons. The SMILES string of the molecule is Cc1cc2c(Cl)c(CN)ccc2[nH]1. The molecule has 1 aromatic carbocycles.